The van der Waals surface area contributed by atoms with Crippen LogP contribution in [-0.2, 0) is 4.79 Å². The largest absolute Gasteiger partial charge is 0.393 e. The topological polar surface area (TPSA) is 40.5 Å². The first-order valence-corrected chi connectivity index (χ1v) is 15.1. The van der Waals surface area contributed by atoms with Crippen LogP contribution in [0, 0.1) is 51.2 Å². The molecule has 1 saturated heterocycles. The number of fused-ring (bicyclic) bond motifs is 7. The minimum Gasteiger partial charge on any atom is -0.393 e. The van der Waals surface area contributed by atoms with Gasteiger partial charge in [-0.1, -0.05) is 34.1 Å². The van der Waals surface area contributed by atoms with Crippen molar-refractivity contribution in [3.05, 3.63) is 0 Å². The molecule has 5 aliphatic carbocycles. The lowest BCUT2D eigenvalue weighted by molar-refractivity contribution is -0.215. The number of likely N-dealkylation sites (tertiary alicyclic amines) is 1. The van der Waals surface area contributed by atoms with E-state index in [9.17, 15) is 9.90 Å². The van der Waals surface area contributed by atoms with Crippen molar-refractivity contribution in [3.63, 3.8) is 0 Å². The second kappa shape index (κ2) is 7.96. The first kappa shape index (κ1) is 23.8. The number of aliphatic hydroxyl groups is 1. The number of nitrogens with zero attached hydrogens (tertiary/aromatic N) is 1. The Balaban J connectivity index is 1.29. The average Bonchev–Trinajstić information content (AvgIpc) is 3.27. The minimum absolute atomic E-state index is 0.0141. The Morgan fingerprint density at radius 2 is 1.44 bits per heavy atom. The molecule has 34 heavy (non-hydrogen) atoms. The van der Waals surface area contributed by atoms with Gasteiger partial charge in [-0.15, -0.1) is 0 Å². The fourth-order valence-electron chi connectivity index (χ4n) is 12.0. The number of hydrogen-bond acceptors (Lipinski definition) is 2. The summed E-state index contributed by atoms with van der Waals surface area (Å²) in [4.78, 5) is 16.3. The lowest BCUT2D eigenvalue weighted by Gasteiger charge is -2.69. The van der Waals surface area contributed by atoms with Gasteiger partial charge in [0.15, 0.2) is 0 Å². The number of carbonyl (C=O) groups is 1. The van der Waals surface area contributed by atoms with Crippen LogP contribution < -0.4 is 0 Å². The molecule has 1 heterocycles. The number of rotatable bonds is 1. The highest BCUT2D eigenvalue weighted by Gasteiger charge is 2.67. The van der Waals surface area contributed by atoms with Gasteiger partial charge < -0.3 is 10.0 Å². The molecule has 192 valence electrons. The van der Waals surface area contributed by atoms with Crippen LogP contribution in [0.4, 0.5) is 0 Å². The number of hydrogen-bond donors (Lipinski definition) is 1. The fraction of sp³-hybridized carbons (Fsp3) is 0.968. The maximum absolute atomic E-state index is 14.0. The standard InChI is InChI=1S/C31H51NO2/c1-28(2)24-13-16-29(3)22-12-18-31(27(34)32-19-6-5-7-20-32)15-8-9-23(31)21(22)10-11-25(29)30(24,4)17-14-26(28)33/h21-26,33H,5-20H2,1-4H3. The lowest BCUT2D eigenvalue weighted by Crippen LogP contribution is -2.63. The average molecular weight is 470 g/mol. The van der Waals surface area contributed by atoms with Gasteiger partial charge in [0.1, 0.15) is 0 Å². The van der Waals surface area contributed by atoms with Gasteiger partial charge in [-0.2, -0.15) is 0 Å². The summed E-state index contributed by atoms with van der Waals surface area (Å²) in [6.07, 6.45) is 17.3. The van der Waals surface area contributed by atoms with Crippen molar-refractivity contribution in [1.82, 2.24) is 4.90 Å². The van der Waals surface area contributed by atoms with E-state index in [1.54, 1.807) is 0 Å². The van der Waals surface area contributed by atoms with Gasteiger partial charge in [0, 0.05) is 13.1 Å². The van der Waals surface area contributed by atoms with Crippen LogP contribution in [0.2, 0.25) is 0 Å². The van der Waals surface area contributed by atoms with E-state index in [0.29, 0.717) is 28.6 Å². The van der Waals surface area contributed by atoms with Crippen molar-refractivity contribution < 1.29 is 9.90 Å². The predicted octanol–water partition coefficient (Wildman–Crippen LogP) is 6.83. The monoisotopic (exact) mass is 469 g/mol. The summed E-state index contributed by atoms with van der Waals surface area (Å²) in [6, 6.07) is 0. The Kier molecular flexibility index (Phi) is 5.58. The molecule has 6 rings (SSSR count). The summed E-state index contributed by atoms with van der Waals surface area (Å²) in [5.74, 6) is 4.23. The van der Waals surface area contributed by atoms with E-state index in [1.807, 2.05) is 0 Å². The second-order valence-electron chi connectivity index (χ2n) is 14.9. The van der Waals surface area contributed by atoms with Gasteiger partial charge in [-0.25, -0.2) is 0 Å². The zero-order valence-corrected chi connectivity index (χ0v) is 22.6. The maximum atomic E-state index is 14.0. The molecule has 6 fully saturated rings. The Morgan fingerprint density at radius 3 is 2.21 bits per heavy atom. The normalized spacial score (nSPS) is 52.2. The molecular weight excluding hydrogens is 418 g/mol. The maximum Gasteiger partial charge on any atom is 0.229 e. The van der Waals surface area contributed by atoms with Crippen LogP contribution in [0.15, 0.2) is 0 Å². The third-order valence-corrected chi connectivity index (χ3v) is 13.6. The molecule has 0 bridgehead atoms. The summed E-state index contributed by atoms with van der Waals surface area (Å²) < 4.78 is 0. The van der Waals surface area contributed by atoms with Crippen LogP contribution in [0.5, 0.6) is 0 Å². The van der Waals surface area contributed by atoms with Crippen molar-refractivity contribution in [3.8, 4) is 0 Å². The van der Waals surface area contributed by atoms with E-state index in [0.717, 1.165) is 37.3 Å². The molecule has 0 aromatic carbocycles. The van der Waals surface area contributed by atoms with Crippen molar-refractivity contribution in [1.29, 1.82) is 0 Å². The fourth-order valence-corrected chi connectivity index (χ4v) is 12.0. The van der Waals surface area contributed by atoms with E-state index in [1.165, 1.54) is 83.5 Å². The predicted molar refractivity (Wildman–Crippen MR) is 137 cm³/mol. The van der Waals surface area contributed by atoms with Crippen molar-refractivity contribution in [2.75, 3.05) is 13.1 Å². The summed E-state index contributed by atoms with van der Waals surface area (Å²) in [6.45, 7) is 12.0. The molecule has 1 N–H and O–H groups in total. The first-order chi connectivity index (χ1) is 16.1. The van der Waals surface area contributed by atoms with Gasteiger partial charge in [0.25, 0.3) is 0 Å². The van der Waals surface area contributed by atoms with Gasteiger partial charge >= 0.3 is 0 Å². The highest BCUT2D eigenvalue weighted by Crippen LogP contribution is 2.73. The summed E-state index contributed by atoms with van der Waals surface area (Å²) >= 11 is 0. The summed E-state index contributed by atoms with van der Waals surface area (Å²) in [5.41, 5.74) is 0.822. The van der Waals surface area contributed by atoms with E-state index < -0.39 is 0 Å². The third kappa shape index (κ3) is 3.07. The first-order valence-electron chi connectivity index (χ1n) is 15.1. The number of aliphatic hydroxyl groups excluding tert-OH is 1. The molecule has 3 nitrogen and oxygen atoms in total. The Labute approximate surface area is 208 Å². The van der Waals surface area contributed by atoms with Gasteiger partial charge in [0.05, 0.1) is 11.5 Å². The van der Waals surface area contributed by atoms with Crippen LogP contribution in [0.25, 0.3) is 0 Å². The van der Waals surface area contributed by atoms with Gasteiger partial charge in [-0.05, 0) is 129 Å². The number of amides is 1. The van der Waals surface area contributed by atoms with Crippen LogP contribution in [0.3, 0.4) is 0 Å². The molecule has 5 saturated carbocycles. The van der Waals surface area contributed by atoms with Crippen LogP contribution >= 0.6 is 0 Å². The SMILES string of the molecule is CC1(C)C(O)CCC2(C)C1CCC1(C)C3CCC4(C(=O)N5CCCCC5)CCCC4C3CCC12. The quantitative estimate of drug-likeness (QED) is 0.457. The molecular formula is C31H51NO2. The molecule has 9 unspecified atom stereocenters. The number of piperidine rings is 1. The Hall–Kier alpha value is -0.570. The molecule has 6 aliphatic rings. The molecule has 0 radical (unpaired) electrons. The molecule has 0 aromatic heterocycles. The van der Waals surface area contributed by atoms with Gasteiger partial charge in [0.2, 0.25) is 5.91 Å². The van der Waals surface area contributed by atoms with Crippen molar-refractivity contribution in [2.45, 2.75) is 124 Å². The molecule has 9 atom stereocenters. The van der Waals surface area contributed by atoms with Gasteiger partial charge in [-0.3, -0.25) is 4.79 Å². The zero-order valence-electron chi connectivity index (χ0n) is 22.6. The van der Waals surface area contributed by atoms with Crippen molar-refractivity contribution in [2.24, 2.45) is 51.2 Å². The third-order valence-electron chi connectivity index (χ3n) is 13.6. The molecule has 1 aliphatic heterocycles. The lowest BCUT2D eigenvalue weighted by atomic mass is 9.36. The van der Waals surface area contributed by atoms with E-state index >= 15 is 0 Å². The molecule has 0 aromatic rings. The summed E-state index contributed by atoms with van der Waals surface area (Å²) in [5, 5.41) is 10.9. The highest BCUT2D eigenvalue weighted by atomic mass is 16.3. The zero-order chi connectivity index (χ0) is 23.9. The van der Waals surface area contributed by atoms with Crippen molar-refractivity contribution >= 4 is 5.91 Å². The van der Waals surface area contributed by atoms with E-state index in [4.69, 9.17) is 0 Å². The smallest absolute Gasteiger partial charge is 0.229 e. The highest BCUT2D eigenvalue weighted by molar-refractivity contribution is 5.83. The van der Waals surface area contributed by atoms with Crippen LogP contribution in [-0.4, -0.2) is 35.1 Å². The second-order valence-corrected chi connectivity index (χ2v) is 14.9. The molecule has 1 amide bonds. The molecule has 3 heteroatoms. The van der Waals surface area contributed by atoms with E-state index in [-0.39, 0.29) is 16.9 Å². The minimum atomic E-state index is -0.138. The van der Waals surface area contributed by atoms with E-state index in [2.05, 4.69) is 32.6 Å². The molecule has 0 spiro atoms. The Bertz CT molecular complexity index is 816. The Morgan fingerprint density at radius 1 is 0.706 bits per heavy atom. The number of carbonyl (C=O) groups excluding carboxylic acids is 1. The van der Waals surface area contributed by atoms with Crippen LogP contribution in [0.1, 0.15) is 118 Å². The summed E-state index contributed by atoms with van der Waals surface area (Å²) in [7, 11) is 0.